The molecule has 0 aliphatic rings. The van der Waals surface area contributed by atoms with Gasteiger partial charge in [0.25, 0.3) is 0 Å². The Morgan fingerprint density at radius 1 is 1.09 bits per heavy atom. The third-order valence-electron chi connectivity index (χ3n) is 2.38. The van der Waals surface area contributed by atoms with E-state index in [1.165, 1.54) is 38.5 Å². The zero-order valence-corrected chi connectivity index (χ0v) is 8.10. The Morgan fingerprint density at radius 2 is 1.82 bits per heavy atom. The first-order chi connectivity index (χ1) is 5.35. The van der Waals surface area contributed by atoms with Crippen LogP contribution in [0.15, 0.2) is 0 Å². The van der Waals surface area contributed by atoms with Crippen molar-refractivity contribution in [3.05, 3.63) is 6.92 Å². The molecule has 0 saturated carbocycles. The second-order valence-corrected chi connectivity index (χ2v) is 3.36. The number of hydrogen-bond donors (Lipinski definition) is 0. The van der Waals surface area contributed by atoms with E-state index in [1.807, 2.05) is 0 Å². The van der Waals surface area contributed by atoms with Crippen molar-refractivity contribution in [1.82, 2.24) is 0 Å². The molecule has 11 heavy (non-hydrogen) atoms. The Bertz CT molecular complexity index is 62.4. The van der Waals surface area contributed by atoms with E-state index in [2.05, 4.69) is 13.8 Å². The smallest absolute Gasteiger partial charge is 0.0349 e. The summed E-state index contributed by atoms with van der Waals surface area (Å²) in [6.45, 7) is 10.1. The third kappa shape index (κ3) is 6.40. The van der Waals surface area contributed by atoms with Crippen LogP contribution in [0.4, 0.5) is 0 Å². The average molecular weight is 154 g/mol. The van der Waals surface area contributed by atoms with Gasteiger partial charge in [-0.2, -0.15) is 0 Å². The van der Waals surface area contributed by atoms with Gasteiger partial charge in [-0.3, -0.25) is 0 Å². The molecule has 0 fully saturated rings. The van der Waals surface area contributed by atoms with Crippen molar-refractivity contribution in [3.63, 3.8) is 0 Å². The summed E-state index contributed by atoms with van der Waals surface area (Å²) in [5.41, 5.74) is 0. The van der Waals surface area contributed by atoms with E-state index in [0.717, 1.165) is 12.3 Å². The van der Waals surface area contributed by atoms with Crippen LogP contribution in [-0.2, 0) is 0 Å². The van der Waals surface area contributed by atoms with Gasteiger partial charge in [0.05, 0.1) is 0 Å². The van der Waals surface area contributed by atoms with Crippen LogP contribution in [0, 0.1) is 12.8 Å². The summed E-state index contributed by atoms with van der Waals surface area (Å²) in [6, 6.07) is 0. The topological polar surface area (TPSA) is 0 Å². The molecule has 0 nitrogen and oxygen atoms in total. The lowest BCUT2D eigenvalue weighted by molar-refractivity contribution is 0.444. The molecule has 1 atom stereocenters. The molecule has 0 amide bonds. The van der Waals surface area contributed by atoms with Gasteiger partial charge < -0.3 is 0 Å². The standard InChI is InChI=1S/C11H22/c1-4-7-8-9-10-11(5-2)6-3/h2,11H,4-10H2,1,3H3. The van der Waals surface area contributed by atoms with E-state index in [9.17, 15) is 0 Å². The molecule has 0 N–H and O–H groups in total. The second-order valence-electron chi connectivity index (χ2n) is 3.36. The highest BCUT2D eigenvalue weighted by Gasteiger charge is 2.01. The molecule has 2 radical (unpaired) electrons. The molecule has 0 aromatic carbocycles. The van der Waals surface area contributed by atoms with Crippen molar-refractivity contribution in [2.75, 3.05) is 0 Å². The van der Waals surface area contributed by atoms with Crippen molar-refractivity contribution in [2.45, 2.75) is 58.8 Å². The predicted octanol–water partition coefficient (Wildman–Crippen LogP) is 4.08. The van der Waals surface area contributed by atoms with Crippen LogP contribution in [0.25, 0.3) is 0 Å². The van der Waals surface area contributed by atoms with Gasteiger partial charge >= 0.3 is 0 Å². The van der Waals surface area contributed by atoms with E-state index in [1.54, 1.807) is 0 Å². The quantitative estimate of drug-likeness (QED) is 0.485. The first kappa shape index (κ1) is 11.0. The number of rotatable bonds is 7. The van der Waals surface area contributed by atoms with Crippen LogP contribution in [0.5, 0.6) is 0 Å². The summed E-state index contributed by atoms with van der Waals surface area (Å²) < 4.78 is 0. The minimum absolute atomic E-state index is 0.784. The fourth-order valence-corrected chi connectivity index (χ4v) is 1.35. The maximum Gasteiger partial charge on any atom is -0.0349 e. The minimum atomic E-state index is 0.784. The van der Waals surface area contributed by atoms with Gasteiger partial charge in [0.15, 0.2) is 0 Å². The van der Waals surface area contributed by atoms with E-state index >= 15 is 0 Å². The Morgan fingerprint density at radius 3 is 2.27 bits per heavy atom. The van der Waals surface area contributed by atoms with Gasteiger partial charge in [0, 0.05) is 0 Å². The molecule has 0 bridgehead atoms. The first-order valence-corrected chi connectivity index (χ1v) is 5.05. The largest absolute Gasteiger partial charge is 0.0654 e. The summed E-state index contributed by atoms with van der Waals surface area (Å²) >= 11 is 0. The molecule has 0 aliphatic carbocycles. The third-order valence-corrected chi connectivity index (χ3v) is 2.38. The summed E-state index contributed by atoms with van der Waals surface area (Å²) in [5.74, 6) is 0.784. The Hall–Kier alpha value is 0. The molecule has 66 valence electrons. The monoisotopic (exact) mass is 154 g/mol. The number of unbranched alkanes of at least 4 members (excludes halogenated alkanes) is 3. The predicted molar refractivity (Wildman–Crippen MR) is 51.5 cm³/mol. The summed E-state index contributed by atoms with van der Waals surface area (Å²) in [7, 11) is 0. The molecule has 0 saturated heterocycles. The van der Waals surface area contributed by atoms with Gasteiger partial charge in [-0.05, 0) is 19.3 Å². The zero-order chi connectivity index (χ0) is 8.53. The molecule has 0 aromatic heterocycles. The van der Waals surface area contributed by atoms with Gasteiger partial charge in [0.1, 0.15) is 0 Å². The summed E-state index contributed by atoms with van der Waals surface area (Å²) in [5, 5.41) is 0. The van der Waals surface area contributed by atoms with Crippen molar-refractivity contribution >= 4 is 0 Å². The van der Waals surface area contributed by atoms with Gasteiger partial charge in [-0.15, -0.1) is 0 Å². The highest BCUT2D eigenvalue weighted by atomic mass is 14.1. The molecule has 0 heteroatoms. The summed E-state index contributed by atoms with van der Waals surface area (Å²) in [6.07, 6.45) is 8.97. The Labute approximate surface area is 72.4 Å². The fraction of sp³-hybridized carbons (Fsp3) is 0.909. The SMILES string of the molecule is [CH]CC(CC)CCCCCC. The lowest BCUT2D eigenvalue weighted by atomic mass is 9.96. The molecule has 1 unspecified atom stereocenters. The summed E-state index contributed by atoms with van der Waals surface area (Å²) in [4.78, 5) is 0. The Kier molecular flexibility index (Phi) is 8.10. The molecule has 0 aliphatic heterocycles. The number of hydrogen-bond acceptors (Lipinski definition) is 0. The van der Waals surface area contributed by atoms with E-state index < -0.39 is 0 Å². The Balaban J connectivity index is 3.07. The van der Waals surface area contributed by atoms with E-state index in [0.29, 0.717) is 0 Å². The van der Waals surface area contributed by atoms with Crippen LogP contribution in [-0.4, -0.2) is 0 Å². The minimum Gasteiger partial charge on any atom is -0.0654 e. The van der Waals surface area contributed by atoms with Crippen molar-refractivity contribution in [1.29, 1.82) is 0 Å². The van der Waals surface area contributed by atoms with E-state index in [4.69, 9.17) is 6.92 Å². The average Bonchev–Trinajstić information content (AvgIpc) is 2.05. The van der Waals surface area contributed by atoms with Crippen LogP contribution >= 0.6 is 0 Å². The first-order valence-electron chi connectivity index (χ1n) is 5.05. The van der Waals surface area contributed by atoms with Crippen molar-refractivity contribution in [2.24, 2.45) is 5.92 Å². The van der Waals surface area contributed by atoms with Gasteiger partial charge in [-0.1, -0.05) is 52.4 Å². The lowest BCUT2D eigenvalue weighted by Gasteiger charge is -2.10. The molecule has 0 spiro atoms. The second kappa shape index (κ2) is 8.10. The highest BCUT2D eigenvalue weighted by Crippen LogP contribution is 2.16. The lowest BCUT2D eigenvalue weighted by Crippen LogP contribution is -1.96. The van der Waals surface area contributed by atoms with Crippen LogP contribution in [0.1, 0.15) is 58.8 Å². The van der Waals surface area contributed by atoms with Crippen molar-refractivity contribution < 1.29 is 0 Å². The maximum atomic E-state index is 5.60. The van der Waals surface area contributed by atoms with Crippen molar-refractivity contribution in [3.8, 4) is 0 Å². The molecular formula is C11H22. The molecule has 0 heterocycles. The van der Waals surface area contributed by atoms with Crippen LogP contribution in [0.3, 0.4) is 0 Å². The fourth-order valence-electron chi connectivity index (χ4n) is 1.35. The normalized spacial score (nSPS) is 10.9. The van der Waals surface area contributed by atoms with Crippen LogP contribution < -0.4 is 0 Å². The molecule has 0 aromatic rings. The highest BCUT2D eigenvalue weighted by molar-refractivity contribution is 4.58. The van der Waals surface area contributed by atoms with E-state index in [-0.39, 0.29) is 0 Å². The molecule has 0 rings (SSSR count). The van der Waals surface area contributed by atoms with Crippen LogP contribution in [0.2, 0.25) is 0 Å². The molecular weight excluding hydrogens is 132 g/mol. The van der Waals surface area contributed by atoms with Gasteiger partial charge in [0.2, 0.25) is 0 Å². The zero-order valence-electron chi connectivity index (χ0n) is 8.10. The maximum absolute atomic E-state index is 5.60. The van der Waals surface area contributed by atoms with Gasteiger partial charge in [-0.25, -0.2) is 0 Å².